The standard InChI is InChI=1S/C21H13F3O/c22-21(23,24)18-10-9-16-17-11-12-5-1-2-6-13(12)19(17)14-7-3-4-8-15(14)20(16)25-18/h1-10,18H,11H2. The van der Waals surface area contributed by atoms with Crippen molar-refractivity contribution in [1.82, 2.24) is 0 Å². The van der Waals surface area contributed by atoms with E-state index in [1.165, 1.54) is 5.56 Å². The van der Waals surface area contributed by atoms with Gasteiger partial charge < -0.3 is 4.74 Å². The quantitative estimate of drug-likeness (QED) is 0.397. The number of alkyl halides is 3. The van der Waals surface area contributed by atoms with Crippen molar-refractivity contribution >= 4 is 16.8 Å². The molecule has 0 radical (unpaired) electrons. The Morgan fingerprint density at radius 2 is 1.64 bits per heavy atom. The van der Waals surface area contributed by atoms with E-state index >= 15 is 0 Å². The molecule has 0 amide bonds. The molecule has 1 atom stereocenters. The van der Waals surface area contributed by atoms with Crippen LogP contribution in [0.4, 0.5) is 13.2 Å². The Kier molecular flexibility index (Phi) is 2.85. The highest BCUT2D eigenvalue weighted by atomic mass is 19.4. The Morgan fingerprint density at radius 3 is 2.44 bits per heavy atom. The fourth-order valence-electron chi connectivity index (χ4n) is 3.91. The second-order valence-electron chi connectivity index (χ2n) is 6.42. The minimum absolute atomic E-state index is 0.340. The third-order valence-corrected chi connectivity index (χ3v) is 4.97. The van der Waals surface area contributed by atoms with Crippen molar-refractivity contribution in [2.45, 2.75) is 18.7 Å². The van der Waals surface area contributed by atoms with Crippen LogP contribution < -0.4 is 4.74 Å². The summed E-state index contributed by atoms with van der Waals surface area (Å²) < 4.78 is 44.9. The van der Waals surface area contributed by atoms with Gasteiger partial charge in [-0.3, -0.25) is 0 Å². The smallest absolute Gasteiger partial charge is 0.429 e. The van der Waals surface area contributed by atoms with Gasteiger partial charge in [-0.2, -0.15) is 13.2 Å². The lowest BCUT2D eigenvalue weighted by Gasteiger charge is -2.26. The van der Waals surface area contributed by atoms with Crippen LogP contribution in [0.1, 0.15) is 16.7 Å². The molecule has 0 aromatic heterocycles. The lowest BCUT2D eigenvalue weighted by atomic mass is 9.91. The Morgan fingerprint density at radius 1 is 0.920 bits per heavy atom. The first kappa shape index (κ1) is 14.6. The summed E-state index contributed by atoms with van der Waals surface area (Å²) in [6.07, 6.45) is -2.92. The molecule has 0 saturated carbocycles. The molecule has 0 fully saturated rings. The number of rotatable bonds is 0. The number of halogens is 3. The highest BCUT2D eigenvalue weighted by Crippen LogP contribution is 2.49. The molecular formula is C21H13F3O. The van der Waals surface area contributed by atoms with Crippen LogP contribution in [-0.2, 0) is 6.42 Å². The van der Waals surface area contributed by atoms with Gasteiger partial charge in [-0.15, -0.1) is 0 Å². The van der Waals surface area contributed by atoms with Gasteiger partial charge in [-0.05, 0) is 40.1 Å². The van der Waals surface area contributed by atoms with Crippen molar-refractivity contribution in [3.8, 4) is 16.9 Å². The minimum Gasteiger partial charge on any atom is -0.476 e. The van der Waals surface area contributed by atoms with Gasteiger partial charge in [-0.25, -0.2) is 0 Å². The molecule has 0 spiro atoms. The molecule has 0 N–H and O–H groups in total. The maximum atomic E-state index is 13.1. The molecule has 1 aliphatic heterocycles. The molecular weight excluding hydrogens is 325 g/mol. The summed E-state index contributed by atoms with van der Waals surface area (Å²) in [6.45, 7) is 0. The highest BCUT2D eigenvalue weighted by molar-refractivity contribution is 6.07. The van der Waals surface area contributed by atoms with Crippen molar-refractivity contribution in [3.63, 3.8) is 0 Å². The zero-order chi connectivity index (χ0) is 17.2. The van der Waals surface area contributed by atoms with E-state index in [0.29, 0.717) is 12.2 Å². The van der Waals surface area contributed by atoms with Gasteiger partial charge in [0.2, 0.25) is 6.10 Å². The molecule has 124 valence electrons. The molecule has 1 heterocycles. The van der Waals surface area contributed by atoms with Crippen molar-refractivity contribution in [2.24, 2.45) is 0 Å². The molecule has 1 aliphatic carbocycles. The van der Waals surface area contributed by atoms with E-state index in [4.69, 9.17) is 4.74 Å². The predicted molar refractivity (Wildman–Crippen MR) is 91.7 cm³/mol. The van der Waals surface area contributed by atoms with Gasteiger partial charge in [0.15, 0.2) is 0 Å². The van der Waals surface area contributed by atoms with Crippen molar-refractivity contribution in [1.29, 1.82) is 0 Å². The number of benzene rings is 3. The van der Waals surface area contributed by atoms with E-state index in [0.717, 1.165) is 39.1 Å². The molecule has 5 rings (SSSR count). The first-order valence-corrected chi connectivity index (χ1v) is 8.11. The summed E-state index contributed by atoms with van der Waals surface area (Å²) in [4.78, 5) is 0. The summed E-state index contributed by atoms with van der Waals surface area (Å²) in [5, 5.41) is 1.67. The first-order valence-electron chi connectivity index (χ1n) is 8.11. The third kappa shape index (κ3) is 2.03. The molecule has 3 aromatic rings. The number of ether oxygens (including phenoxy) is 1. The third-order valence-electron chi connectivity index (χ3n) is 4.97. The summed E-state index contributed by atoms with van der Waals surface area (Å²) in [5.74, 6) is 0.340. The van der Waals surface area contributed by atoms with Crippen LogP contribution in [0.5, 0.6) is 5.75 Å². The molecule has 4 heteroatoms. The molecule has 1 nitrogen and oxygen atoms in total. The fourth-order valence-corrected chi connectivity index (χ4v) is 3.91. The lowest BCUT2D eigenvalue weighted by Crippen LogP contribution is -2.34. The maximum absolute atomic E-state index is 13.1. The topological polar surface area (TPSA) is 9.23 Å². The molecule has 2 aliphatic rings. The average molecular weight is 338 g/mol. The Labute approximate surface area is 142 Å². The zero-order valence-corrected chi connectivity index (χ0v) is 13.1. The number of hydrogen-bond donors (Lipinski definition) is 0. The van der Waals surface area contributed by atoms with Crippen LogP contribution in [0.25, 0.3) is 28.0 Å². The van der Waals surface area contributed by atoms with E-state index in [9.17, 15) is 13.2 Å². The summed E-state index contributed by atoms with van der Waals surface area (Å²) in [6, 6.07) is 15.7. The molecule has 1 unspecified atom stereocenters. The minimum atomic E-state index is -4.42. The van der Waals surface area contributed by atoms with Crippen LogP contribution in [0.15, 0.2) is 54.6 Å². The van der Waals surface area contributed by atoms with Crippen molar-refractivity contribution in [3.05, 3.63) is 71.3 Å². The lowest BCUT2D eigenvalue weighted by molar-refractivity contribution is -0.180. The number of hydrogen-bond acceptors (Lipinski definition) is 1. The molecule has 0 bridgehead atoms. The second kappa shape index (κ2) is 4.88. The van der Waals surface area contributed by atoms with Gasteiger partial charge in [0.25, 0.3) is 0 Å². The van der Waals surface area contributed by atoms with Gasteiger partial charge in [0, 0.05) is 10.9 Å². The largest absolute Gasteiger partial charge is 0.476 e. The van der Waals surface area contributed by atoms with Gasteiger partial charge >= 0.3 is 6.18 Å². The summed E-state index contributed by atoms with van der Waals surface area (Å²) >= 11 is 0. The van der Waals surface area contributed by atoms with Crippen molar-refractivity contribution in [2.75, 3.05) is 0 Å². The Balaban J connectivity index is 1.84. The highest BCUT2D eigenvalue weighted by Gasteiger charge is 2.42. The Bertz CT molecular complexity index is 1050. The summed E-state index contributed by atoms with van der Waals surface area (Å²) in [7, 11) is 0. The monoisotopic (exact) mass is 338 g/mol. The molecule has 3 aromatic carbocycles. The molecule has 0 saturated heterocycles. The fraction of sp³-hybridized carbons (Fsp3) is 0.143. The van der Waals surface area contributed by atoms with Crippen LogP contribution in [-0.4, -0.2) is 12.3 Å². The Hall–Kier alpha value is -2.75. The first-order chi connectivity index (χ1) is 12.0. The maximum Gasteiger partial charge on any atom is 0.429 e. The van der Waals surface area contributed by atoms with Crippen molar-refractivity contribution < 1.29 is 17.9 Å². The second-order valence-corrected chi connectivity index (χ2v) is 6.42. The van der Waals surface area contributed by atoms with Crippen LogP contribution in [0.2, 0.25) is 0 Å². The van der Waals surface area contributed by atoms with E-state index < -0.39 is 12.3 Å². The zero-order valence-electron chi connectivity index (χ0n) is 13.1. The van der Waals surface area contributed by atoms with Gasteiger partial charge in [0.05, 0.1) is 0 Å². The van der Waals surface area contributed by atoms with E-state index in [1.807, 2.05) is 36.4 Å². The summed E-state index contributed by atoms with van der Waals surface area (Å²) in [5.41, 5.74) is 5.28. The van der Waals surface area contributed by atoms with E-state index in [1.54, 1.807) is 6.08 Å². The van der Waals surface area contributed by atoms with E-state index in [-0.39, 0.29) is 0 Å². The van der Waals surface area contributed by atoms with Crippen LogP contribution in [0, 0.1) is 0 Å². The van der Waals surface area contributed by atoms with Crippen LogP contribution in [0.3, 0.4) is 0 Å². The average Bonchev–Trinajstić information content (AvgIpc) is 3.00. The molecule has 25 heavy (non-hydrogen) atoms. The van der Waals surface area contributed by atoms with Gasteiger partial charge in [-0.1, -0.05) is 54.6 Å². The number of fused-ring (bicyclic) bond motifs is 8. The van der Waals surface area contributed by atoms with Crippen LogP contribution >= 0.6 is 0 Å². The predicted octanol–water partition coefficient (Wildman–Crippen LogP) is 5.75. The SMILES string of the molecule is FC(F)(F)C1C=Cc2c3c(c4ccccc4c2O1)-c1ccccc1C3. The normalized spacial score (nSPS) is 17.8. The van der Waals surface area contributed by atoms with Gasteiger partial charge in [0.1, 0.15) is 5.75 Å². The van der Waals surface area contributed by atoms with E-state index in [2.05, 4.69) is 12.1 Å².